The molecule has 1 N–H and O–H groups in total. The van der Waals surface area contributed by atoms with E-state index in [1.54, 1.807) is 5.56 Å². The quantitative estimate of drug-likeness (QED) is 0.0870. The third-order valence-electron chi connectivity index (χ3n) is 10.5. The smallest absolute Gasteiger partial charge is 0.0687 e. The number of benzene rings is 2. The van der Waals surface area contributed by atoms with Gasteiger partial charge in [0.05, 0.1) is 6.61 Å². The fourth-order valence-corrected chi connectivity index (χ4v) is 6.97. The highest BCUT2D eigenvalue weighted by atomic mass is 16.3. The van der Waals surface area contributed by atoms with Crippen LogP contribution in [0.3, 0.4) is 0 Å². The average Bonchev–Trinajstić information content (AvgIpc) is 3.07. The van der Waals surface area contributed by atoms with E-state index >= 15 is 0 Å². The first-order valence-electron chi connectivity index (χ1n) is 20.8. The molecule has 0 bridgehead atoms. The Kier molecular flexibility index (Phi) is 29.2. The first-order chi connectivity index (χ1) is 23.0. The molecule has 0 heterocycles. The number of rotatable bonds is 29. The maximum absolute atomic E-state index is 9.50. The summed E-state index contributed by atoms with van der Waals surface area (Å²) in [6.45, 7) is 11.4. The van der Waals surface area contributed by atoms with Crippen molar-refractivity contribution < 1.29 is 5.11 Å². The molecule has 0 aliphatic rings. The minimum atomic E-state index is 0.181. The molecule has 0 unspecified atom stereocenters. The van der Waals surface area contributed by atoms with Gasteiger partial charge < -0.3 is 5.11 Å². The Balaban J connectivity index is 0.000000470. The highest BCUT2D eigenvalue weighted by Crippen LogP contribution is 2.19. The van der Waals surface area contributed by atoms with Crippen LogP contribution < -0.4 is 0 Å². The fourth-order valence-electron chi connectivity index (χ4n) is 6.97. The summed E-state index contributed by atoms with van der Waals surface area (Å²) in [5.41, 5.74) is 8.23. The summed E-state index contributed by atoms with van der Waals surface area (Å²) in [4.78, 5) is 0. The molecular weight excluding hydrogens is 569 g/mol. The summed E-state index contributed by atoms with van der Waals surface area (Å²) in [6.07, 6.45) is 39.3. The highest BCUT2D eigenvalue weighted by Gasteiger charge is 2.04. The molecule has 0 fully saturated rings. The minimum Gasteiger partial charge on any atom is -0.392 e. The molecule has 0 amide bonds. The molecule has 0 spiro atoms. The summed E-state index contributed by atoms with van der Waals surface area (Å²) >= 11 is 0. The number of hydrogen-bond donors (Lipinski definition) is 1. The Morgan fingerprint density at radius 2 is 0.702 bits per heavy atom. The largest absolute Gasteiger partial charge is 0.392 e. The molecular formula is C46H80O. The zero-order chi connectivity index (χ0) is 34.2. The van der Waals surface area contributed by atoms with Gasteiger partial charge in [0.25, 0.3) is 0 Å². The van der Waals surface area contributed by atoms with E-state index in [2.05, 4.69) is 71.0 Å². The van der Waals surface area contributed by atoms with E-state index in [1.165, 1.54) is 196 Å². The number of hydrogen-bond acceptors (Lipinski definition) is 1. The van der Waals surface area contributed by atoms with Crippen molar-refractivity contribution in [2.24, 2.45) is 0 Å². The van der Waals surface area contributed by atoms with E-state index in [9.17, 15) is 5.11 Å². The molecule has 2 aromatic carbocycles. The third kappa shape index (κ3) is 23.4. The SMILES string of the molecule is CCCCCCCCCCCCCCCc1cccc(C)c1C.CCCCCCCCCCCCCCCc1cccc(C)c1CO. The number of unbranched alkanes of at least 4 members (excludes halogenated alkanes) is 24. The predicted octanol–water partition coefficient (Wildman–Crippen LogP) is 15.1. The van der Waals surface area contributed by atoms with E-state index in [0.717, 1.165) is 12.0 Å². The molecule has 0 saturated carbocycles. The summed E-state index contributed by atoms with van der Waals surface area (Å²) in [5, 5.41) is 9.50. The van der Waals surface area contributed by atoms with Gasteiger partial charge in [-0.2, -0.15) is 0 Å². The lowest BCUT2D eigenvalue weighted by Gasteiger charge is -2.10. The summed E-state index contributed by atoms with van der Waals surface area (Å²) in [6, 6.07) is 13.1. The highest BCUT2D eigenvalue weighted by molar-refractivity contribution is 5.34. The molecule has 1 nitrogen and oxygen atoms in total. The third-order valence-corrected chi connectivity index (χ3v) is 10.5. The van der Waals surface area contributed by atoms with Crippen LogP contribution in [0.15, 0.2) is 36.4 Å². The van der Waals surface area contributed by atoms with Gasteiger partial charge in [-0.15, -0.1) is 0 Å². The van der Waals surface area contributed by atoms with Crippen LogP contribution in [0, 0.1) is 20.8 Å². The van der Waals surface area contributed by atoms with Crippen LogP contribution in [0.4, 0.5) is 0 Å². The second-order valence-electron chi connectivity index (χ2n) is 14.7. The van der Waals surface area contributed by atoms with E-state index in [4.69, 9.17) is 0 Å². The van der Waals surface area contributed by atoms with Gasteiger partial charge in [0.1, 0.15) is 0 Å². The Morgan fingerprint density at radius 3 is 1.09 bits per heavy atom. The van der Waals surface area contributed by atoms with Crippen LogP contribution in [-0.4, -0.2) is 5.11 Å². The van der Waals surface area contributed by atoms with Crippen LogP contribution >= 0.6 is 0 Å². The van der Waals surface area contributed by atoms with Gasteiger partial charge >= 0.3 is 0 Å². The lowest BCUT2D eigenvalue weighted by Crippen LogP contribution is -1.97. The molecule has 0 saturated heterocycles. The van der Waals surface area contributed by atoms with E-state index in [-0.39, 0.29) is 6.61 Å². The zero-order valence-electron chi connectivity index (χ0n) is 32.4. The number of aryl methyl sites for hydroxylation is 4. The van der Waals surface area contributed by atoms with E-state index in [0.29, 0.717) is 0 Å². The fraction of sp³-hybridized carbons (Fsp3) is 0.739. The number of aliphatic hydroxyl groups is 1. The second-order valence-corrected chi connectivity index (χ2v) is 14.7. The van der Waals surface area contributed by atoms with Crippen molar-refractivity contribution in [2.75, 3.05) is 0 Å². The molecule has 0 radical (unpaired) electrons. The Labute approximate surface area is 295 Å². The van der Waals surface area contributed by atoms with Crippen molar-refractivity contribution >= 4 is 0 Å². The van der Waals surface area contributed by atoms with Gasteiger partial charge in [0.2, 0.25) is 0 Å². The Bertz CT molecular complexity index is 959. The van der Waals surface area contributed by atoms with Gasteiger partial charge in [-0.05, 0) is 79.8 Å². The maximum atomic E-state index is 9.50. The molecule has 2 aromatic rings. The van der Waals surface area contributed by atoms with Crippen LogP contribution in [0.5, 0.6) is 0 Å². The maximum Gasteiger partial charge on any atom is 0.0687 e. The lowest BCUT2D eigenvalue weighted by atomic mass is 9.97. The van der Waals surface area contributed by atoms with Crippen LogP contribution in [0.25, 0.3) is 0 Å². The predicted molar refractivity (Wildman–Crippen MR) is 212 cm³/mol. The Hall–Kier alpha value is -1.60. The lowest BCUT2D eigenvalue weighted by molar-refractivity contribution is 0.279. The van der Waals surface area contributed by atoms with E-state index in [1.807, 2.05) is 0 Å². The number of aliphatic hydroxyl groups excluding tert-OH is 1. The molecule has 0 aromatic heterocycles. The van der Waals surface area contributed by atoms with E-state index < -0.39 is 0 Å². The molecule has 270 valence electrons. The monoisotopic (exact) mass is 649 g/mol. The first kappa shape index (κ1) is 43.4. The second kappa shape index (κ2) is 31.7. The van der Waals surface area contributed by atoms with Gasteiger partial charge in [0, 0.05) is 0 Å². The van der Waals surface area contributed by atoms with Crippen molar-refractivity contribution in [3.8, 4) is 0 Å². The summed E-state index contributed by atoms with van der Waals surface area (Å²) in [5.74, 6) is 0. The molecule has 2 rings (SSSR count). The molecule has 0 aliphatic carbocycles. The van der Waals surface area contributed by atoms with Gasteiger partial charge in [-0.25, -0.2) is 0 Å². The van der Waals surface area contributed by atoms with Crippen molar-refractivity contribution in [3.05, 3.63) is 69.8 Å². The molecule has 1 heteroatoms. The minimum absolute atomic E-state index is 0.181. The molecule has 0 aliphatic heterocycles. The zero-order valence-corrected chi connectivity index (χ0v) is 32.4. The van der Waals surface area contributed by atoms with Crippen LogP contribution in [0.1, 0.15) is 214 Å². The first-order valence-corrected chi connectivity index (χ1v) is 20.8. The topological polar surface area (TPSA) is 20.2 Å². The van der Waals surface area contributed by atoms with Gasteiger partial charge in [-0.3, -0.25) is 0 Å². The molecule has 0 atom stereocenters. The van der Waals surface area contributed by atoms with Crippen molar-refractivity contribution in [1.82, 2.24) is 0 Å². The van der Waals surface area contributed by atoms with Crippen molar-refractivity contribution in [1.29, 1.82) is 0 Å². The van der Waals surface area contributed by atoms with Gasteiger partial charge in [-0.1, -0.05) is 204 Å². The van der Waals surface area contributed by atoms with Gasteiger partial charge in [0.15, 0.2) is 0 Å². The average molecular weight is 649 g/mol. The normalized spacial score (nSPS) is 11.1. The van der Waals surface area contributed by atoms with Crippen molar-refractivity contribution in [3.63, 3.8) is 0 Å². The standard InChI is InChI=1S/C23H40O.C23H40/c1-3-4-5-6-7-8-9-10-11-12-13-14-15-18-22-19-16-17-21(2)23(22)20-24;1-4-5-6-7-8-9-10-11-12-13-14-15-16-19-23-20-17-18-21(2)22(23)3/h16-17,19,24H,3-15,18,20H2,1-2H3;17-18,20H,4-16,19H2,1-3H3. The van der Waals surface area contributed by atoms with Crippen LogP contribution in [0.2, 0.25) is 0 Å². The van der Waals surface area contributed by atoms with Crippen LogP contribution in [-0.2, 0) is 19.4 Å². The van der Waals surface area contributed by atoms with Crippen molar-refractivity contribution in [2.45, 2.75) is 221 Å². The Morgan fingerprint density at radius 1 is 0.383 bits per heavy atom. The molecule has 47 heavy (non-hydrogen) atoms. The summed E-state index contributed by atoms with van der Waals surface area (Å²) < 4.78 is 0. The summed E-state index contributed by atoms with van der Waals surface area (Å²) in [7, 11) is 0.